The number of aliphatic imine (C=N–C) groups is 1. The molecule has 2 fully saturated rings. The summed E-state index contributed by atoms with van der Waals surface area (Å²) in [4.78, 5) is 20.9. The first-order valence-electron chi connectivity index (χ1n) is 10.7. The molecule has 5 nitrogen and oxygen atoms in total. The summed E-state index contributed by atoms with van der Waals surface area (Å²) in [6.07, 6.45) is 7.48. The highest BCUT2D eigenvalue weighted by atomic mass is 32.2. The molecule has 0 aromatic heterocycles. The Bertz CT molecular complexity index is 1010. The van der Waals surface area contributed by atoms with Gasteiger partial charge in [-0.15, -0.1) is 0 Å². The standard InChI is InChI=1S/C25H28N2O3S/c1-17-9-11-19(12-10-17)26-25-27(20-7-5-4-6-8-20)24(28)23(31-25)16-18-15-21(29-2)13-14-22(18)30-3/h9-16,20H,4-8H2,1-3H3/b23-16+,26-25?. The van der Waals surface area contributed by atoms with Crippen LogP contribution in [0.3, 0.4) is 0 Å². The molecule has 0 N–H and O–H groups in total. The molecule has 1 amide bonds. The summed E-state index contributed by atoms with van der Waals surface area (Å²) in [5.41, 5.74) is 2.87. The van der Waals surface area contributed by atoms with Crippen molar-refractivity contribution in [3.63, 3.8) is 0 Å². The van der Waals surface area contributed by atoms with E-state index in [0.717, 1.165) is 47.9 Å². The van der Waals surface area contributed by atoms with Gasteiger partial charge >= 0.3 is 0 Å². The number of nitrogens with zero attached hydrogens (tertiary/aromatic N) is 2. The molecular formula is C25H28N2O3S. The Hall–Kier alpha value is -2.73. The highest BCUT2D eigenvalue weighted by Crippen LogP contribution is 2.39. The van der Waals surface area contributed by atoms with Gasteiger partial charge in [-0.1, -0.05) is 37.0 Å². The van der Waals surface area contributed by atoms with E-state index < -0.39 is 0 Å². The number of carbonyl (C=O) groups is 1. The molecule has 2 aliphatic rings. The molecule has 162 valence electrons. The van der Waals surface area contributed by atoms with Crippen LogP contribution in [-0.4, -0.2) is 36.2 Å². The van der Waals surface area contributed by atoms with Gasteiger partial charge in [-0.3, -0.25) is 9.69 Å². The van der Waals surface area contributed by atoms with Gasteiger partial charge in [0.2, 0.25) is 0 Å². The first-order chi connectivity index (χ1) is 15.1. The van der Waals surface area contributed by atoms with Gasteiger partial charge in [0.05, 0.1) is 24.8 Å². The van der Waals surface area contributed by atoms with Crippen LogP contribution in [0.4, 0.5) is 5.69 Å². The van der Waals surface area contributed by atoms with Crippen molar-refractivity contribution in [1.29, 1.82) is 0 Å². The first-order valence-corrected chi connectivity index (χ1v) is 11.5. The number of benzene rings is 2. The molecule has 1 heterocycles. The van der Waals surface area contributed by atoms with Crippen LogP contribution in [0.15, 0.2) is 52.4 Å². The lowest BCUT2D eigenvalue weighted by molar-refractivity contribution is -0.124. The molecule has 1 saturated carbocycles. The van der Waals surface area contributed by atoms with E-state index in [-0.39, 0.29) is 11.9 Å². The second-order valence-electron chi connectivity index (χ2n) is 7.92. The van der Waals surface area contributed by atoms with Crippen LogP contribution in [0.2, 0.25) is 0 Å². The lowest BCUT2D eigenvalue weighted by atomic mass is 9.94. The number of thioether (sulfide) groups is 1. The molecule has 31 heavy (non-hydrogen) atoms. The molecule has 0 unspecified atom stereocenters. The van der Waals surface area contributed by atoms with E-state index in [4.69, 9.17) is 14.5 Å². The van der Waals surface area contributed by atoms with Crippen molar-refractivity contribution in [3.05, 3.63) is 58.5 Å². The van der Waals surface area contributed by atoms with Gasteiger partial charge in [0.15, 0.2) is 5.17 Å². The first kappa shape index (κ1) is 21.5. The molecule has 4 rings (SSSR count). The zero-order chi connectivity index (χ0) is 21.8. The Labute approximate surface area is 188 Å². The lowest BCUT2D eigenvalue weighted by Gasteiger charge is -2.30. The Morgan fingerprint density at radius 2 is 1.77 bits per heavy atom. The van der Waals surface area contributed by atoms with Crippen LogP contribution in [0.25, 0.3) is 6.08 Å². The smallest absolute Gasteiger partial charge is 0.267 e. The topological polar surface area (TPSA) is 51.1 Å². The van der Waals surface area contributed by atoms with Crippen molar-refractivity contribution >= 4 is 34.6 Å². The number of hydrogen-bond acceptors (Lipinski definition) is 5. The van der Waals surface area contributed by atoms with E-state index in [9.17, 15) is 4.79 Å². The van der Waals surface area contributed by atoms with Gasteiger partial charge in [-0.2, -0.15) is 0 Å². The fraction of sp³-hybridized carbons (Fsp3) is 0.360. The average Bonchev–Trinajstić information content (AvgIpc) is 3.10. The molecule has 0 spiro atoms. The number of rotatable bonds is 5. The molecule has 1 aliphatic heterocycles. The van der Waals surface area contributed by atoms with Gasteiger partial charge < -0.3 is 9.47 Å². The lowest BCUT2D eigenvalue weighted by Crippen LogP contribution is -2.40. The van der Waals surface area contributed by atoms with E-state index in [1.807, 2.05) is 53.4 Å². The minimum atomic E-state index is 0.0210. The molecule has 2 aromatic carbocycles. The maximum atomic E-state index is 13.5. The van der Waals surface area contributed by atoms with Crippen molar-refractivity contribution < 1.29 is 14.3 Å². The fourth-order valence-electron chi connectivity index (χ4n) is 4.05. The minimum absolute atomic E-state index is 0.0210. The van der Waals surface area contributed by atoms with Gasteiger partial charge in [0.1, 0.15) is 11.5 Å². The molecule has 0 radical (unpaired) electrons. The molecule has 0 atom stereocenters. The van der Waals surface area contributed by atoms with E-state index in [0.29, 0.717) is 10.7 Å². The van der Waals surface area contributed by atoms with Gasteiger partial charge in [-0.25, -0.2) is 4.99 Å². The number of hydrogen-bond donors (Lipinski definition) is 0. The third kappa shape index (κ3) is 4.79. The Morgan fingerprint density at radius 1 is 1.03 bits per heavy atom. The second kappa shape index (κ2) is 9.60. The summed E-state index contributed by atoms with van der Waals surface area (Å²) in [6, 6.07) is 13.9. The zero-order valence-electron chi connectivity index (χ0n) is 18.3. The van der Waals surface area contributed by atoms with Crippen LogP contribution in [-0.2, 0) is 4.79 Å². The number of aryl methyl sites for hydroxylation is 1. The Morgan fingerprint density at radius 3 is 2.45 bits per heavy atom. The largest absolute Gasteiger partial charge is 0.497 e. The van der Waals surface area contributed by atoms with Crippen LogP contribution in [0.5, 0.6) is 11.5 Å². The summed E-state index contributed by atoms with van der Waals surface area (Å²) in [5.74, 6) is 1.45. The molecule has 0 bridgehead atoms. The summed E-state index contributed by atoms with van der Waals surface area (Å²) >= 11 is 1.44. The molecule has 6 heteroatoms. The molecule has 2 aromatic rings. The monoisotopic (exact) mass is 436 g/mol. The summed E-state index contributed by atoms with van der Waals surface area (Å²) in [6.45, 7) is 2.06. The van der Waals surface area contributed by atoms with Crippen molar-refractivity contribution in [3.8, 4) is 11.5 Å². The van der Waals surface area contributed by atoms with E-state index >= 15 is 0 Å². The van der Waals surface area contributed by atoms with E-state index in [1.165, 1.54) is 23.7 Å². The van der Waals surface area contributed by atoms with Gasteiger partial charge in [0.25, 0.3) is 5.91 Å². The number of ether oxygens (including phenoxy) is 2. The maximum absolute atomic E-state index is 13.5. The molecular weight excluding hydrogens is 408 g/mol. The maximum Gasteiger partial charge on any atom is 0.267 e. The second-order valence-corrected chi connectivity index (χ2v) is 8.92. The van der Waals surface area contributed by atoms with Crippen molar-refractivity contribution in [2.24, 2.45) is 4.99 Å². The number of amides is 1. The van der Waals surface area contributed by atoms with E-state index in [2.05, 4.69) is 6.92 Å². The third-order valence-corrected chi connectivity index (χ3v) is 6.74. The minimum Gasteiger partial charge on any atom is -0.497 e. The summed E-state index contributed by atoms with van der Waals surface area (Å²) in [5, 5.41) is 0.758. The highest BCUT2D eigenvalue weighted by Gasteiger charge is 2.38. The fourth-order valence-corrected chi connectivity index (χ4v) is 5.10. The molecule has 1 saturated heterocycles. The van der Waals surface area contributed by atoms with Crippen LogP contribution < -0.4 is 9.47 Å². The van der Waals surface area contributed by atoms with Crippen LogP contribution >= 0.6 is 11.8 Å². The number of amidine groups is 1. The number of carbonyl (C=O) groups excluding carboxylic acids is 1. The quantitative estimate of drug-likeness (QED) is 0.544. The summed E-state index contributed by atoms with van der Waals surface area (Å²) < 4.78 is 10.9. The van der Waals surface area contributed by atoms with Crippen molar-refractivity contribution in [2.45, 2.75) is 45.1 Å². The highest BCUT2D eigenvalue weighted by molar-refractivity contribution is 8.18. The van der Waals surface area contributed by atoms with Crippen LogP contribution in [0.1, 0.15) is 43.2 Å². The van der Waals surface area contributed by atoms with E-state index in [1.54, 1.807) is 14.2 Å². The van der Waals surface area contributed by atoms with Gasteiger partial charge in [0, 0.05) is 11.6 Å². The van der Waals surface area contributed by atoms with Gasteiger partial charge in [-0.05, 0) is 67.9 Å². The van der Waals surface area contributed by atoms with Crippen LogP contribution in [0, 0.1) is 6.92 Å². The third-order valence-electron chi connectivity index (χ3n) is 5.76. The zero-order valence-corrected chi connectivity index (χ0v) is 19.1. The Balaban J connectivity index is 1.73. The predicted molar refractivity (Wildman–Crippen MR) is 127 cm³/mol. The molecule has 1 aliphatic carbocycles. The normalized spacial score (nSPS) is 20.0. The Kier molecular flexibility index (Phi) is 6.66. The van der Waals surface area contributed by atoms with Crippen molar-refractivity contribution in [2.75, 3.05) is 14.2 Å². The number of methoxy groups -OCH3 is 2. The summed E-state index contributed by atoms with van der Waals surface area (Å²) in [7, 11) is 3.26. The predicted octanol–water partition coefficient (Wildman–Crippen LogP) is 5.95. The SMILES string of the molecule is COc1ccc(OC)c(/C=C2/SC(=Nc3ccc(C)cc3)N(C3CCCCC3)C2=O)c1. The average molecular weight is 437 g/mol. The van der Waals surface area contributed by atoms with Crippen molar-refractivity contribution in [1.82, 2.24) is 4.90 Å².